The molecule has 1 fully saturated rings. The molecule has 3 aromatic rings. The fraction of sp³-hybridized carbons (Fsp3) is 0.333. The van der Waals surface area contributed by atoms with Crippen LogP contribution < -0.4 is 16.8 Å². The van der Waals surface area contributed by atoms with Gasteiger partial charge in [-0.1, -0.05) is 12.1 Å². The standard InChI is InChI=1S/C24H28N8O2/c1-30-12-17(11-28-30)16-9-20(22(26)27-10-16)23(33)29-18-5-7-32(14-18)24(34)31-8-6-19-15(13-31)3-2-4-21(19)25/h2-4,9-12,18H,5-8,13-14,25H2,1H3,(H2,26,27)(H,29,33)/t18-/m1/s1. The van der Waals surface area contributed by atoms with Crippen molar-refractivity contribution in [3.05, 3.63) is 59.5 Å². The second-order valence-electron chi connectivity index (χ2n) is 8.90. The molecule has 1 saturated heterocycles. The molecule has 176 valence electrons. The van der Waals surface area contributed by atoms with Gasteiger partial charge in [0.15, 0.2) is 0 Å². The molecule has 0 aliphatic carbocycles. The van der Waals surface area contributed by atoms with E-state index in [1.165, 1.54) is 0 Å². The summed E-state index contributed by atoms with van der Waals surface area (Å²) < 4.78 is 1.69. The van der Waals surface area contributed by atoms with Crippen molar-refractivity contribution in [3.63, 3.8) is 0 Å². The molecule has 34 heavy (non-hydrogen) atoms. The van der Waals surface area contributed by atoms with Crippen LogP contribution in [0.3, 0.4) is 0 Å². The minimum Gasteiger partial charge on any atom is -0.398 e. The third-order valence-corrected chi connectivity index (χ3v) is 6.57. The molecule has 5 N–H and O–H groups in total. The number of amides is 3. The average molecular weight is 461 g/mol. The molecule has 2 aliphatic heterocycles. The summed E-state index contributed by atoms with van der Waals surface area (Å²) in [7, 11) is 1.83. The highest BCUT2D eigenvalue weighted by Crippen LogP contribution is 2.26. The van der Waals surface area contributed by atoms with Gasteiger partial charge in [0.25, 0.3) is 5.91 Å². The first-order chi connectivity index (χ1) is 16.4. The summed E-state index contributed by atoms with van der Waals surface area (Å²) in [5, 5.41) is 7.18. The van der Waals surface area contributed by atoms with Gasteiger partial charge < -0.3 is 26.6 Å². The highest BCUT2D eigenvalue weighted by atomic mass is 16.2. The fourth-order valence-electron chi connectivity index (χ4n) is 4.70. The lowest BCUT2D eigenvalue weighted by molar-refractivity contribution is 0.0937. The minimum absolute atomic E-state index is 0.00965. The second-order valence-corrected chi connectivity index (χ2v) is 8.90. The quantitative estimate of drug-likeness (QED) is 0.509. The van der Waals surface area contributed by atoms with Crippen LogP contribution in [0, 0.1) is 0 Å². The molecule has 0 bridgehead atoms. The molecule has 0 spiro atoms. The second kappa shape index (κ2) is 8.69. The van der Waals surface area contributed by atoms with Crippen LogP contribution in [0.1, 0.15) is 27.9 Å². The maximum Gasteiger partial charge on any atom is 0.320 e. The van der Waals surface area contributed by atoms with E-state index in [0.29, 0.717) is 38.2 Å². The van der Waals surface area contributed by atoms with Crippen LogP contribution in [0.2, 0.25) is 0 Å². The number of carbonyl (C=O) groups excluding carboxylic acids is 2. The third kappa shape index (κ3) is 4.14. The number of fused-ring (bicyclic) bond motifs is 1. The van der Waals surface area contributed by atoms with Gasteiger partial charge in [-0.15, -0.1) is 0 Å². The molecule has 3 amide bonds. The molecule has 0 saturated carbocycles. The molecule has 2 aliphatic rings. The normalized spacial score (nSPS) is 17.5. The number of nitrogen functional groups attached to an aromatic ring is 2. The number of hydrogen-bond acceptors (Lipinski definition) is 6. The summed E-state index contributed by atoms with van der Waals surface area (Å²) >= 11 is 0. The number of carbonyl (C=O) groups is 2. The molecule has 4 heterocycles. The Kier molecular flexibility index (Phi) is 5.56. The number of aryl methyl sites for hydroxylation is 1. The molecule has 1 aromatic carbocycles. The van der Waals surface area contributed by atoms with Gasteiger partial charge in [-0.25, -0.2) is 9.78 Å². The van der Waals surface area contributed by atoms with Crippen LogP contribution in [0.15, 0.2) is 42.9 Å². The molecular formula is C24H28N8O2. The van der Waals surface area contributed by atoms with Crippen molar-refractivity contribution < 1.29 is 9.59 Å². The summed E-state index contributed by atoms with van der Waals surface area (Å²) in [6, 6.07) is 7.42. The molecule has 10 nitrogen and oxygen atoms in total. The summed E-state index contributed by atoms with van der Waals surface area (Å²) in [6.07, 6.45) is 6.63. The molecule has 10 heteroatoms. The number of nitrogens with two attached hydrogens (primary N) is 2. The Labute approximate surface area is 197 Å². The maximum absolute atomic E-state index is 13.1. The number of urea groups is 1. The molecule has 1 atom stereocenters. The molecule has 0 radical (unpaired) electrons. The van der Waals surface area contributed by atoms with E-state index in [4.69, 9.17) is 11.5 Å². The number of pyridine rings is 1. The minimum atomic E-state index is -0.294. The molecular weight excluding hydrogens is 432 g/mol. The number of anilines is 2. The van der Waals surface area contributed by atoms with E-state index in [1.807, 2.05) is 36.3 Å². The molecule has 0 unspecified atom stereocenters. The van der Waals surface area contributed by atoms with Gasteiger partial charge in [0.05, 0.1) is 11.8 Å². The maximum atomic E-state index is 13.1. The number of benzene rings is 1. The first-order valence-electron chi connectivity index (χ1n) is 11.3. The Morgan fingerprint density at radius 3 is 2.76 bits per heavy atom. The van der Waals surface area contributed by atoms with Crippen molar-refractivity contribution in [2.24, 2.45) is 7.05 Å². The summed E-state index contributed by atoms with van der Waals surface area (Å²) in [4.78, 5) is 33.9. The number of rotatable bonds is 3. The number of hydrogen-bond donors (Lipinski definition) is 3. The lowest BCUT2D eigenvalue weighted by atomic mass is 9.98. The van der Waals surface area contributed by atoms with Gasteiger partial charge in [0, 0.05) is 68.5 Å². The van der Waals surface area contributed by atoms with Crippen LogP contribution in [-0.4, -0.2) is 62.2 Å². The largest absolute Gasteiger partial charge is 0.398 e. The Morgan fingerprint density at radius 1 is 1.12 bits per heavy atom. The van der Waals surface area contributed by atoms with Crippen LogP contribution in [0.4, 0.5) is 16.3 Å². The van der Waals surface area contributed by atoms with Gasteiger partial charge in [-0.3, -0.25) is 9.48 Å². The lowest BCUT2D eigenvalue weighted by Gasteiger charge is -2.32. The first kappa shape index (κ1) is 21.7. The van der Waals surface area contributed by atoms with Crippen molar-refractivity contribution in [3.8, 4) is 11.1 Å². The highest BCUT2D eigenvalue weighted by Gasteiger charge is 2.32. The smallest absolute Gasteiger partial charge is 0.320 e. The molecule has 2 aromatic heterocycles. The van der Waals surface area contributed by atoms with E-state index in [1.54, 1.807) is 28.0 Å². The zero-order valence-corrected chi connectivity index (χ0v) is 19.1. The SMILES string of the molecule is Cn1cc(-c2cnc(N)c(C(=O)N[C@@H]3CCN(C(=O)N4CCc5c(N)cccc5C4)C3)c2)cn1. The number of aromatic nitrogens is 3. The topological polar surface area (TPSA) is 135 Å². The van der Waals surface area contributed by atoms with Crippen molar-refractivity contribution in [2.75, 3.05) is 31.1 Å². The van der Waals surface area contributed by atoms with Crippen molar-refractivity contribution >= 4 is 23.4 Å². The van der Waals surface area contributed by atoms with E-state index in [0.717, 1.165) is 34.4 Å². The Balaban J connectivity index is 1.22. The first-order valence-corrected chi connectivity index (χ1v) is 11.3. The van der Waals surface area contributed by atoms with E-state index in [-0.39, 0.29) is 23.8 Å². The molecule has 5 rings (SSSR count). The predicted molar refractivity (Wildman–Crippen MR) is 129 cm³/mol. The average Bonchev–Trinajstić information content (AvgIpc) is 3.48. The van der Waals surface area contributed by atoms with Crippen molar-refractivity contribution in [1.29, 1.82) is 0 Å². The fourth-order valence-corrected chi connectivity index (χ4v) is 4.70. The van der Waals surface area contributed by atoms with E-state index in [2.05, 4.69) is 15.4 Å². The van der Waals surface area contributed by atoms with Gasteiger partial charge in [0.2, 0.25) is 0 Å². The van der Waals surface area contributed by atoms with E-state index in [9.17, 15) is 9.59 Å². The van der Waals surface area contributed by atoms with Gasteiger partial charge in [-0.2, -0.15) is 5.10 Å². The van der Waals surface area contributed by atoms with Gasteiger partial charge in [0.1, 0.15) is 5.82 Å². The van der Waals surface area contributed by atoms with Crippen LogP contribution in [-0.2, 0) is 20.0 Å². The Bertz CT molecular complexity index is 1250. The Morgan fingerprint density at radius 2 is 1.97 bits per heavy atom. The summed E-state index contributed by atoms with van der Waals surface area (Å²) in [5.74, 6) is -0.125. The summed E-state index contributed by atoms with van der Waals surface area (Å²) in [6.45, 7) is 2.24. The monoisotopic (exact) mass is 460 g/mol. The van der Waals surface area contributed by atoms with Crippen LogP contribution in [0.25, 0.3) is 11.1 Å². The van der Waals surface area contributed by atoms with Crippen molar-refractivity contribution in [2.45, 2.75) is 25.4 Å². The lowest BCUT2D eigenvalue weighted by Crippen LogP contribution is -2.46. The third-order valence-electron chi connectivity index (χ3n) is 6.57. The van der Waals surface area contributed by atoms with E-state index < -0.39 is 0 Å². The number of nitrogens with zero attached hydrogens (tertiary/aromatic N) is 5. The zero-order chi connectivity index (χ0) is 23.8. The van der Waals surface area contributed by atoms with Crippen LogP contribution in [0.5, 0.6) is 0 Å². The number of likely N-dealkylation sites (tertiary alicyclic amines) is 1. The van der Waals surface area contributed by atoms with Gasteiger partial charge in [-0.05, 0) is 36.1 Å². The zero-order valence-electron chi connectivity index (χ0n) is 19.1. The highest BCUT2D eigenvalue weighted by molar-refractivity contribution is 5.99. The summed E-state index contributed by atoms with van der Waals surface area (Å²) in [5.41, 5.74) is 17.0. The van der Waals surface area contributed by atoms with Crippen LogP contribution >= 0.6 is 0 Å². The Hall–Kier alpha value is -4.08. The van der Waals surface area contributed by atoms with E-state index >= 15 is 0 Å². The van der Waals surface area contributed by atoms with Crippen molar-refractivity contribution in [1.82, 2.24) is 29.9 Å². The predicted octanol–water partition coefficient (Wildman–Crippen LogP) is 1.63. The van der Waals surface area contributed by atoms with Gasteiger partial charge >= 0.3 is 6.03 Å². The number of nitrogens with one attached hydrogen (secondary N) is 1.